The normalized spacial score (nSPS) is 6.00. The fourth-order valence-corrected chi connectivity index (χ4v) is 0. The molecule has 0 atom stereocenters. The van der Waals surface area contributed by atoms with Gasteiger partial charge < -0.3 is 23.5 Å². The molecule has 4 nitrogen and oxygen atoms in total. The van der Waals surface area contributed by atoms with Crippen LogP contribution in [0.2, 0.25) is 0 Å². The fourth-order valence-electron chi connectivity index (χ4n) is 0. The summed E-state index contributed by atoms with van der Waals surface area (Å²) in [5.41, 5.74) is 0. The molecular formula is H10AlFeKMgMnO4Si. The Kier molecular flexibility index (Phi) is 69.2. The summed E-state index contributed by atoms with van der Waals surface area (Å²) in [6.07, 6.45) is 0. The quantitative estimate of drug-likeness (QED) is 0.335. The van der Waals surface area contributed by atoms with E-state index in [0.717, 1.165) is 0 Å². The zero-order valence-electron chi connectivity index (χ0n) is 7.73. The molecule has 4 N–H and O–H groups in total. The Bertz CT molecular complexity index is 50.9. The SMILES string of the molecule is O[Si](O)(O)O.[AlH3].[Fe].[H-].[H-].[H-].[K+].[Mg+2].[Mn]. The molecule has 0 aromatic heterocycles. The molecule has 0 aromatic rings. The summed E-state index contributed by atoms with van der Waals surface area (Å²) in [5.74, 6) is 0. The number of hydrogen-bond acceptors (Lipinski definition) is 4. The summed E-state index contributed by atoms with van der Waals surface area (Å²) in [6, 6.07) is 0. The molecule has 10 heteroatoms. The third kappa shape index (κ3) is 90.1. The van der Waals surface area contributed by atoms with Crippen molar-refractivity contribution in [3.8, 4) is 0 Å². The second-order valence-electron chi connectivity index (χ2n) is 0.600. The van der Waals surface area contributed by atoms with E-state index < -0.39 is 9.05 Å². The van der Waals surface area contributed by atoms with Gasteiger partial charge >= 0.3 is 83.5 Å². The molecule has 0 aromatic carbocycles. The smallest absolute Gasteiger partial charge is 1.00 e. The van der Waals surface area contributed by atoms with Gasteiger partial charge in [-0.05, 0) is 0 Å². The minimum Gasteiger partial charge on any atom is -1.00 e. The van der Waals surface area contributed by atoms with E-state index in [-0.39, 0.29) is 130 Å². The van der Waals surface area contributed by atoms with Crippen LogP contribution in [0.1, 0.15) is 4.28 Å². The van der Waals surface area contributed by atoms with Crippen LogP contribution in [0.4, 0.5) is 0 Å². The van der Waals surface area contributed by atoms with Gasteiger partial charge in [-0.25, -0.2) is 0 Å². The minimum absolute atomic E-state index is 0. The van der Waals surface area contributed by atoms with Crippen molar-refractivity contribution in [3.05, 3.63) is 0 Å². The van der Waals surface area contributed by atoms with Crippen LogP contribution in [0.15, 0.2) is 0 Å². The Morgan fingerprint density at radius 3 is 1.00 bits per heavy atom. The third-order valence-electron chi connectivity index (χ3n) is 0. The van der Waals surface area contributed by atoms with Crippen molar-refractivity contribution in [2.75, 3.05) is 0 Å². The second-order valence-corrected chi connectivity index (χ2v) is 1.80. The number of hydrogen-bond donors (Lipinski definition) is 4. The van der Waals surface area contributed by atoms with Crippen LogP contribution in [0.3, 0.4) is 0 Å². The maximum Gasteiger partial charge on any atom is 2.00 e. The topological polar surface area (TPSA) is 80.9 Å². The average molecular weight is 303 g/mol. The van der Waals surface area contributed by atoms with Crippen LogP contribution in [-0.4, -0.2) is 68.6 Å². The molecule has 59 valence electrons. The Morgan fingerprint density at radius 2 is 1.00 bits per heavy atom. The molecule has 0 aliphatic heterocycles. The maximum atomic E-state index is 7.33. The van der Waals surface area contributed by atoms with Crippen molar-refractivity contribution in [1.82, 2.24) is 0 Å². The molecule has 0 rings (SSSR count). The first-order valence-electron chi connectivity index (χ1n) is 0.894. The van der Waals surface area contributed by atoms with Crippen molar-refractivity contribution in [3.63, 3.8) is 0 Å². The van der Waals surface area contributed by atoms with Crippen LogP contribution in [-0.2, 0) is 34.1 Å². The van der Waals surface area contributed by atoms with Crippen molar-refractivity contribution in [2.24, 2.45) is 0 Å². The van der Waals surface area contributed by atoms with E-state index in [1.54, 1.807) is 0 Å². The fraction of sp³-hybridized carbons (Fsp3) is 0. The van der Waals surface area contributed by atoms with E-state index >= 15 is 0 Å². The van der Waals surface area contributed by atoms with Gasteiger partial charge in [0.2, 0.25) is 0 Å². The van der Waals surface area contributed by atoms with Crippen LogP contribution < -0.4 is 51.4 Å². The molecule has 0 heterocycles. The van der Waals surface area contributed by atoms with Crippen LogP contribution >= 0.6 is 0 Å². The van der Waals surface area contributed by atoms with Gasteiger partial charge in [0, 0.05) is 34.1 Å². The summed E-state index contributed by atoms with van der Waals surface area (Å²) >= 11 is 0. The molecule has 1 radical (unpaired) electrons. The van der Waals surface area contributed by atoms with E-state index in [1.165, 1.54) is 0 Å². The van der Waals surface area contributed by atoms with Gasteiger partial charge in [0.05, 0.1) is 0 Å². The van der Waals surface area contributed by atoms with Gasteiger partial charge in [0.1, 0.15) is 0 Å². The molecule has 0 unspecified atom stereocenters. The van der Waals surface area contributed by atoms with Crippen LogP contribution in [0, 0.1) is 0 Å². The summed E-state index contributed by atoms with van der Waals surface area (Å²) < 4.78 is 0. The molecule has 10 heavy (non-hydrogen) atoms. The molecule has 0 amide bonds. The van der Waals surface area contributed by atoms with E-state index in [9.17, 15) is 0 Å². The van der Waals surface area contributed by atoms with Gasteiger partial charge in [-0.3, -0.25) is 0 Å². The second kappa shape index (κ2) is 18.7. The third-order valence-corrected chi connectivity index (χ3v) is 0. The van der Waals surface area contributed by atoms with Gasteiger partial charge in [0.15, 0.2) is 17.4 Å². The zero-order valence-corrected chi connectivity index (χ0v) is 12.5. The molecule has 0 saturated carbocycles. The Labute approximate surface area is 155 Å². The largest absolute Gasteiger partial charge is 2.00 e. The summed E-state index contributed by atoms with van der Waals surface area (Å²) in [4.78, 5) is 29.3. The predicted octanol–water partition coefficient (Wildman–Crippen LogP) is -6.84. The first kappa shape index (κ1) is 36.9. The van der Waals surface area contributed by atoms with Gasteiger partial charge in [-0.1, -0.05) is 0 Å². The molecule has 0 fully saturated rings. The van der Waals surface area contributed by atoms with Crippen molar-refractivity contribution in [2.45, 2.75) is 0 Å². The van der Waals surface area contributed by atoms with Gasteiger partial charge in [-0.2, -0.15) is 0 Å². The summed E-state index contributed by atoms with van der Waals surface area (Å²) in [5, 5.41) is 0. The van der Waals surface area contributed by atoms with Gasteiger partial charge in [0.25, 0.3) is 0 Å². The van der Waals surface area contributed by atoms with E-state index in [4.69, 9.17) is 19.2 Å². The Hall–Kier alpha value is 4.03. The molecule has 0 saturated heterocycles. The van der Waals surface area contributed by atoms with Crippen LogP contribution in [0.5, 0.6) is 0 Å². The first-order valence-corrected chi connectivity index (χ1v) is 2.68. The Morgan fingerprint density at radius 1 is 1.00 bits per heavy atom. The average Bonchev–Trinajstić information content (AvgIpc) is 0.722. The molecular weight excluding hydrogens is 293 g/mol. The van der Waals surface area contributed by atoms with Gasteiger partial charge in [-0.15, -0.1) is 0 Å². The zero-order chi connectivity index (χ0) is 4.50. The number of rotatable bonds is 0. The van der Waals surface area contributed by atoms with Crippen molar-refractivity contribution < 1.29 is 109 Å². The minimum atomic E-state index is -4.61. The summed E-state index contributed by atoms with van der Waals surface area (Å²) in [6.45, 7) is 0. The standard InChI is InChI=1S/Al.Fe.K.Mg.Mn.H4O4Si.6H/c;;;;;1-5(2,3)4;;;;;;/h;;;;;1-4H;;;;;;/q;;+1;+2;;;;;;3*-1. The monoisotopic (exact) mass is 303 g/mol. The molecule has 0 bridgehead atoms. The molecule has 0 aliphatic rings. The van der Waals surface area contributed by atoms with E-state index in [2.05, 4.69) is 0 Å². The summed E-state index contributed by atoms with van der Waals surface area (Å²) in [7, 11) is -4.61. The van der Waals surface area contributed by atoms with Crippen molar-refractivity contribution >= 4 is 49.5 Å². The predicted molar refractivity (Wildman–Crippen MR) is 33.7 cm³/mol. The molecule has 0 spiro atoms. The van der Waals surface area contributed by atoms with Crippen molar-refractivity contribution in [1.29, 1.82) is 0 Å². The van der Waals surface area contributed by atoms with Crippen LogP contribution in [0.25, 0.3) is 0 Å². The van der Waals surface area contributed by atoms with E-state index in [1.807, 2.05) is 0 Å². The maximum absolute atomic E-state index is 7.33. The first-order chi connectivity index (χ1) is 2.00. The Balaban J connectivity index is -0.00000000286. The van der Waals surface area contributed by atoms with E-state index in [0.29, 0.717) is 0 Å². The molecule has 0 aliphatic carbocycles.